The number of H-pyrrole nitrogens is 1. The van der Waals surface area contributed by atoms with Crippen molar-refractivity contribution in [2.24, 2.45) is 0 Å². The maximum atomic E-state index is 6.94. The van der Waals surface area contributed by atoms with Crippen molar-refractivity contribution in [2.45, 2.75) is 0 Å². The lowest BCUT2D eigenvalue weighted by Gasteiger charge is -1.49. The second-order valence-electron chi connectivity index (χ2n) is 0.625. The molecule has 0 aliphatic heterocycles. The molecule has 1 nitrogen and oxygen atoms in total. The average molecular weight is 71.1 g/mol. The van der Waals surface area contributed by atoms with E-state index in [1.807, 2.05) is 0 Å². The van der Waals surface area contributed by atoms with Crippen molar-refractivity contribution in [1.82, 2.24) is 4.98 Å². The first kappa shape index (κ1) is 0.672. The molecule has 1 heteroatoms. The average Bonchev–Trinajstić information content (AvgIpc) is 1.98. The molecule has 0 bridgehead atoms. The van der Waals surface area contributed by atoms with E-state index in [2.05, 4.69) is 4.98 Å². The normalized spacial score (nSPS) is 19.2. The van der Waals surface area contributed by atoms with Gasteiger partial charge in [-0.05, 0) is 12.1 Å². The third kappa shape index (κ3) is 0.293. The van der Waals surface area contributed by atoms with Crippen molar-refractivity contribution in [2.75, 3.05) is 0 Å². The first-order valence-electron chi connectivity index (χ1n) is 3.25. The van der Waals surface area contributed by atoms with Crippen LogP contribution in [0.3, 0.4) is 0 Å². The lowest BCUT2D eigenvalue weighted by Crippen LogP contribution is -1.38. The van der Waals surface area contributed by atoms with Gasteiger partial charge >= 0.3 is 0 Å². The molecule has 0 atom stereocenters. The first-order chi connectivity index (χ1) is 4.13. The summed E-state index contributed by atoms with van der Waals surface area (Å²) in [6.45, 7) is 0. The van der Waals surface area contributed by atoms with E-state index in [1.165, 1.54) is 0 Å². The van der Waals surface area contributed by atoms with E-state index in [0.29, 0.717) is 0 Å². The van der Waals surface area contributed by atoms with E-state index in [4.69, 9.17) is 5.48 Å². The highest BCUT2D eigenvalue weighted by Crippen LogP contribution is 1.72. The van der Waals surface area contributed by atoms with Crippen LogP contribution in [0.2, 0.25) is 0 Å². The monoisotopic (exact) mass is 71.1 g/mol. The van der Waals surface area contributed by atoms with E-state index in [0.717, 1.165) is 0 Å². The second kappa shape index (κ2) is 0.931. The van der Waals surface area contributed by atoms with E-state index >= 15 is 0 Å². The highest BCUT2D eigenvalue weighted by Gasteiger charge is 1.55. The fourth-order valence-corrected chi connectivity index (χ4v) is 0.156. The van der Waals surface area contributed by atoms with Gasteiger partial charge in [0.15, 0.2) is 0 Å². The summed E-state index contributed by atoms with van der Waals surface area (Å²) in [7, 11) is 0. The minimum Gasteiger partial charge on any atom is -0.368 e. The minimum atomic E-state index is -0.208. The zero-order chi connectivity index (χ0) is 7.02. The van der Waals surface area contributed by atoms with E-state index in [-0.39, 0.29) is 24.4 Å². The summed E-state index contributed by atoms with van der Waals surface area (Å²) >= 11 is 0. The second-order valence-corrected chi connectivity index (χ2v) is 0.625. The molecule has 5 heavy (non-hydrogen) atoms. The predicted molar refractivity (Wildman–Crippen MR) is 20.8 cm³/mol. The lowest BCUT2D eigenvalue weighted by molar-refractivity contribution is 1.42. The molecule has 0 aliphatic rings. The van der Waals surface area contributed by atoms with Crippen LogP contribution >= 0.6 is 0 Å². The number of hydrogen-bond donors (Lipinski definition) is 1. The van der Waals surface area contributed by atoms with Crippen LogP contribution in [0.4, 0.5) is 0 Å². The molecule has 0 saturated carbocycles. The van der Waals surface area contributed by atoms with Gasteiger partial charge in [-0.2, -0.15) is 0 Å². The lowest BCUT2D eigenvalue weighted by atomic mass is 10.7. The molecule has 1 N–H and O–H groups in total. The molecule has 0 radical (unpaired) electrons. The van der Waals surface area contributed by atoms with Gasteiger partial charge < -0.3 is 4.98 Å². The highest BCUT2D eigenvalue weighted by atomic mass is 14.6. The maximum absolute atomic E-state index is 6.94. The van der Waals surface area contributed by atoms with Crippen molar-refractivity contribution in [3.05, 3.63) is 24.4 Å². The Hall–Kier alpha value is -0.720. The molecule has 0 spiro atoms. The van der Waals surface area contributed by atoms with Crippen molar-refractivity contribution in [1.29, 1.82) is 0 Å². The summed E-state index contributed by atoms with van der Waals surface area (Å²) in [5.74, 6) is 0. The number of rotatable bonds is 0. The van der Waals surface area contributed by atoms with Gasteiger partial charge in [-0.1, -0.05) is 0 Å². The van der Waals surface area contributed by atoms with Gasteiger partial charge in [-0.25, -0.2) is 0 Å². The fraction of sp³-hybridized carbons (Fsp3) is 0. The topological polar surface area (TPSA) is 15.8 Å². The van der Waals surface area contributed by atoms with Crippen LogP contribution in [-0.4, -0.2) is 4.98 Å². The van der Waals surface area contributed by atoms with Gasteiger partial charge in [0.05, 0.1) is 5.48 Å². The number of hydrogen-bond acceptors (Lipinski definition) is 0. The number of aromatic amines is 1. The summed E-state index contributed by atoms with van der Waals surface area (Å²) in [6.07, 6.45) is -0.324. The zero-order valence-corrected chi connectivity index (χ0v) is 2.50. The van der Waals surface area contributed by atoms with Crippen LogP contribution < -0.4 is 0 Å². The van der Waals surface area contributed by atoms with E-state index in [9.17, 15) is 0 Å². The molecule has 1 aromatic heterocycles. The standard InChI is InChI=1S/C4H5N/c1-2-4-5-3-1/h1-5H/i1D,2D,3D,4D. The summed E-state index contributed by atoms with van der Waals surface area (Å²) in [6, 6.07) is -0.417. The Bertz CT molecular complexity index is 206. The molecule has 0 aromatic carbocycles. The molecular weight excluding hydrogens is 62.1 g/mol. The Morgan fingerprint density at radius 1 is 1.40 bits per heavy atom. The molecule has 26 valence electrons. The van der Waals surface area contributed by atoms with Gasteiger partial charge in [0.1, 0.15) is 0 Å². The molecule has 0 aliphatic carbocycles. The Balaban J connectivity index is 3.29. The van der Waals surface area contributed by atoms with Gasteiger partial charge in [0, 0.05) is 12.3 Å². The molecule has 0 saturated heterocycles. The molecule has 0 fully saturated rings. The Labute approximate surface area is 36.3 Å². The largest absolute Gasteiger partial charge is 0.368 e. The third-order valence-electron chi connectivity index (χ3n) is 0.312. The van der Waals surface area contributed by atoms with Gasteiger partial charge in [-0.3, -0.25) is 0 Å². The molecule has 1 heterocycles. The number of aromatic nitrogens is 1. The molecule has 1 aromatic rings. The van der Waals surface area contributed by atoms with E-state index < -0.39 is 0 Å². The van der Waals surface area contributed by atoms with Crippen molar-refractivity contribution >= 4 is 0 Å². The van der Waals surface area contributed by atoms with Gasteiger partial charge in [-0.15, -0.1) is 0 Å². The van der Waals surface area contributed by atoms with E-state index in [1.54, 1.807) is 0 Å². The minimum absolute atomic E-state index is 0.162. The predicted octanol–water partition coefficient (Wildman–Crippen LogP) is 1.01. The smallest absolute Gasteiger partial charge is 0.0815 e. The fourth-order valence-electron chi connectivity index (χ4n) is 0.156. The van der Waals surface area contributed by atoms with Crippen molar-refractivity contribution in [3.8, 4) is 0 Å². The van der Waals surface area contributed by atoms with Crippen LogP contribution in [0.5, 0.6) is 0 Å². The highest BCUT2D eigenvalue weighted by molar-refractivity contribution is 4.84. The molecule has 0 amide bonds. The van der Waals surface area contributed by atoms with Crippen molar-refractivity contribution in [3.63, 3.8) is 0 Å². The molecular formula is C4H5N. The summed E-state index contributed by atoms with van der Waals surface area (Å²) < 4.78 is 27.7. The van der Waals surface area contributed by atoms with Crippen LogP contribution in [0, 0.1) is 0 Å². The van der Waals surface area contributed by atoms with Crippen LogP contribution in [0.25, 0.3) is 0 Å². The van der Waals surface area contributed by atoms with Crippen LogP contribution in [-0.2, 0) is 0 Å². The van der Waals surface area contributed by atoms with Gasteiger partial charge in [0.25, 0.3) is 0 Å². The van der Waals surface area contributed by atoms with Crippen LogP contribution in [0.1, 0.15) is 5.48 Å². The molecule has 1 rings (SSSR count). The quantitative estimate of drug-likeness (QED) is 0.470. The summed E-state index contributed by atoms with van der Waals surface area (Å²) in [5, 5.41) is 0. The third-order valence-corrected chi connectivity index (χ3v) is 0.312. The Kier molecular flexibility index (Phi) is 0.125. The summed E-state index contributed by atoms with van der Waals surface area (Å²) in [4.78, 5) is 2.23. The van der Waals surface area contributed by atoms with Crippen LogP contribution in [0.15, 0.2) is 24.4 Å². The Morgan fingerprint density at radius 3 is 2.20 bits per heavy atom. The van der Waals surface area contributed by atoms with Crippen molar-refractivity contribution < 1.29 is 5.48 Å². The van der Waals surface area contributed by atoms with Gasteiger partial charge in [0.2, 0.25) is 0 Å². The first-order valence-corrected chi connectivity index (χ1v) is 1.25. The zero-order valence-electron chi connectivity index (χ0n) is 6.50. The SMILES string of the molecule is [2H]c1[nH]c([2H])c([2H])c1[2H]. The summed E-state index contributed by atoms with van der Waals surface area (Å²) in [5.41, 5.74) is 0. The molecule has 0 unspecified atom stereocenters. The Morgan fingerprint density at radius 2 is 2.00 bits per heavy atom. The maximum Gasteiger partial charge on any atom is 0.0815 e. The number of nitrogens with one attached hydrogen (secondary N) is 1.